The topological polar surface area (TPSA) is 142 Å². The minimum absolute atomic E-state index is 0.0463. The highest BCUT2D eigenvalue weighted by Gasteiger charge is 2.44. The van der Waals surface area contributed by atoms with Gasteiger partial charge in [-0.2, -0.15) is 0 Å². The van der Waals surface area contributed by atoms with Gasteiger partial charge in [0.15, 0.2) is 0 Å². The van der Waals surface area contributed by atoms with Crippen LogP contribution in [0.15, 0.2) is 18.2 Å². The summed E-state index contributed by atoms with van der Waals surface area (Å²) in [6.45, 7) is 2.58. The van der Waals surface area contributed by atoms with Gasteiger partial charge in [0.25, 0.3) is 17.7 Å². The van der Waals surface area contributed by atoms with Crippen molar-refractivity contribution in [3.05, 3.63) is 34.9 Å². The van der Waals surface area contributed by atoms with Crippen molar-refractivity contribution in [2.75, 3.05) is 13.1 Å². The maximum Gasteiger partial charge on any atom is 0.262 e. The van der Waals surface area contributed by atoms with Crippen molar-refractivity contribution in [2.24, 2.45) is 0 Å². The van der Waals surface area contributed by atoms with Crippen LogP contribution in [0.4, 0.5) is 0 Å². The van der Waals surface area contributed by atoms with Crippen molar-refractivity contribution in [1.82, 2.24) is 20.9 Å². The molecule has 3 N–H and O–H groups in total. The van der Waals surface area contributed by atoms with E-state index in [2.05, 4.69) is 16.0 Å². The highest BCUT2D eigenvalue weighted by Crippen LogP contribution is 2.28. The number of amides is 6. The van der Waals surface area contributed by atoms with Gasteiger partial charge < -0.3 is 10.6 Å². The molecule has 2 aliphatic heterocycles. The second-order valence-corrected chi connectivity index (χ2v) is 7.86. The van der Waals surface area contributed by atoms with Crippen LogP contribution in [0, 0.1) is 0 Å². The number of piperidine rings is 1. The molecule has 1 saturated heterocycles. The third-order valence-electron chi connectivity index (χ3n) is 5.47. The Morgan fingerprint density at radius 1 is 0.969 bits per heavy atom. The van der Waals surface area contributed by atoms with E-state index in [-0.39, 0.29) is 41.3 Å². The molecule has 3 rings (SSSR count). The Hall–Kier alpha value is -3.56. The van der Waals surface area contributed by atoms with Crippen LogP contribution in [0.25, 0.3) is 0 Å². The molecule has 0 aliphatic carbocycles. The Bertz CT molecular complexity index is 973. The summed E-state index contributed by atoms with van der Waals surface area (Å²) >= 11 is 0. The Morgan fingerprint density at radius 3 is 2.28 bits per heavy atom. The summed E-state index contributed by atoms with van der Waals surface area (Å²) in [6.07, 6.45) is 3.61. The number of imide groups is 2. The summed E-state index contributed by atoms with van der Waals surface area (Å²) in [4.78, 5) is 73.1. The smallest absolute Gasteiger partial charge is 0.262 e. The van der Waals surface area contributed by atoms with Gasteiger partial charge in [0.05, 0.1) is 11.1 Å². The van der Waals surface area contributed by atoms with Crippen molar-refractivity contribution < 1.29 is 28.8 Å². The first-order chi connectivity index (χ1) is 15.3. The van der Waals surface area contributed by atoms with Gasteiger partial charge in [-0.1, -0.05) is 12.8 Å². The van der Waals surface area contributed by atoms with Gasteiger partial charge in [0.2, 0.25) is 17.7 Å². The van der Waals surface area contributed by atoms with E-state index in [1.165, 1.54) is 25.1 Å². The zero-order valence-electron chi connectivity index (χ0n) is 17.9. The van der Waals surface area contributed by atoms with Crippen LogP contribution in [0.5, 0.6) is 0 Å². The summed E-state index contributed by atoms with van der Waals surface area (Å²) < 4.78 is 0. The average molecular weight is 442 g/mol. The number of nitrogens with zero attached hydrogens (tertiary/aromatic N) is 1. The van der Waals surface area contributed by atoms with E-state index in [1.54, 1.807) is 0 Å². The maximum atomic E-state index is 12.8. The average Bonchev–Trinajstić information content (AvgIpc) is 2.99. The van der Waals surface area contributed by atoms with E-state index in [4.69, 9.17) is 0 Å². The lowest BCUT2D eigenvalue weighted by molar-refractivity contribution is -0.136. The highest BCUT2D eigenvalue weighted by molar-refractivity contribution is 6.24. The predicted molar refractivity (Wildman–Crippen MR) is 113 cm³/mol. The first-order valence-corrected chi connectivity index (χ1v) is 10.7. The number of rotatable bonds is 9. The monoisotopic (exact) mass is 442 g/mol. The summed E-state index contributed by atoms with van der Waals surface area (Å²) in [6, 6.07) is 3.21. The van der Waals surface area contributed by atoms with E-state index in [9.17, 15) is 28.8 Å². The van der Waals surface area contributed by atoms with Crippen LogP contribution in [-0.2, 0) is 14.4 Å². The van der Waals surface area contributed by atoms with Gasteiger partial charge in [0.1, 0.15) is 6.04 Å². The molecular formula is C22H26N4O6. The molecule has 1 aromatic carbocycles. The number of carbonyl (C=O) groups is 6. The molecule has 6 amide bonds. The third kappa shape index (κ3) is 5.19. The van der Waals surface area contributed by atoms with Crippen molar-refractivity contribution >= 4 is 35.4 Å². The summed E-state index contributed by atoms with van der Waals surface area (Å²) in [5, 5.41) is 7.67. The Kier molecular flexibility index (Phi) is 7.34. The van der Waals surface area contributed by atoms with Gasteiger partial charge in [-0.3, -0.25) is 39.0 Å². The second-order valence-electron chi connectivity index (χ2n) is 7.86. The van der Waals surface area contributed by atoms with Gasteiger partial charge in [-0.05, 0) is 37.5 Å². The summed E-state index contributed by atoms with van der Waals surface area (Å²) in [5.74, 6) is -2.77. The molecule has 2 heterocycles. The number of benzene rings is 1. The van der Waals surface area contributed by atoms with E-state index < -0.39 is 29.7 Å². The molecule has 1 aromatic rings. The van der Waals surface area contributed by atoms with Crippen LogP contribution in [0.1, 0.15) is 76.5 Å². The molecule has 32 heavy (non-hydrogen) atoms. The zero-order chi connectivity index (χ0) is 23.3. The predicted octanol–water partition coefficient (Wildman–Crippen LogP) is 0.514. The summed E-state index contributed by atoms with van der Waals surface area (Å²) in [7, 11) is 0. The van der Waals surface area contributed by atoms with E-state index in [0.717, 1.165) is 30.6 Å². The largest absolute Gasteiger partial charge is 0.356 e. The van der Waals surface area contributed by atoms with E-state index in [1.807, 2.05) is 0 Å². The first-order valence-electron chi connectivity index (χ1n) is 10.7. The van der Waals surface area contributed by atoms with Crippen LogP contribution in [-0.4, -0.2) is 59.5 Å². The third-order valence-corrected chi connectivity index (χ3v) is 5.47. The van der Waals surface area contributed by atoms with Crippen LogP contribution in [0.2, 0.25) is 0 Å². The Labute approximate surface area is 185 Å². The van der Waals surface area contributed by atoms with Crippen LogP contribution in [0.3, 0.4) is 0 Å². The van der Waals surface area contributed by atoms with Crippen molar-refractivity contribution in [1.29, 1.82) is 0 Å². The fourth-order valence-corrected chi connectivity index (χ4v) is 3.78. The molecular weight excluding hydrogens is 416 g/mol. The minimum Gasteiger partial charge on any atom is -0.356 e. The number of carbonyl (C=O) groups excluding carboxylic acids is 6. The number of fused-ring (bicyclic) bond motifs is 1. The van der Waals surface area contributed by atoms with Crippen molar-refractivity contribution in [2.45, 2.75) is 51.5 Å². The van der Waals surface area contributed by atoms with E-state index in [0.29, 0.717) is 13.1 Å². The SMILES string of the molecule is CC(=O)NCCCCCCNC(=O)c1ccc2c(c1)C(=O)N(C1CCC(=O)NC1=O)C2=O. The molecule has 0 radical (unpaired) electrons. The number of hydrogen-bond acceptors (Lipinski definition) is 6. The lowest BCUT2D eigenvalue weighted by Crippen LogP contribution is -2.54. The van der Waals surface area contributed by atoms with Crippen LogP contribution >= 0.6 is 0 Å². The quantitative estimate of drug-likeness (QED) is 0.376. The molecule has 0 bridgehead atoms. The molecule has 1 atom stereocenters. The first kappa shape index (κ1) is 23.1. The molecule has 0 saturated carbocycles. The molecule has 0 aromatic heterocycles. The number of nitrogens with one attached hydrogen (secondary N) is 3. The van der Waals surface area contributed by atoms with E-state index >= 15 is 0 Å². The number of hydrogen-bond donors (Lipinski definition) is 3. The van der Waals surface area contributed by atoms with Gasteiger partial charge in [-0.15, -0.1) is 0 Å². The molecule has 10 nitrogen and oxygen atoms in total. The Morgan fingerprint density at radius 2 is 1.62 bits per heavy atom. The van der Waals surface area contributed by atoms with Crippen LogP contribution < -0.4 is 16.0 Å². The van der Waals surface area contributed by atoms with Gasteiger partial charge in [-0.25, -0.2) is 0 Å². The Balaban J connectivity index is 1.54. The molecule has 0 spiro atoms. The molecule has 170 valence electrons. The fourth-order valence-electron chi connectivity index (χ4n) is 3.78. The molecule has 1 unspecified atom stereocenters. The lowest BCUT2D eigenvalue weighted by Gasteiger charge is -2.27. The van der Waals surface area contributed by atoms with Gasteiger partial charge >= 0.3 is 0 Å². The highest BCUT2D eigenvalue weighted by atomic mass is 16.2. The maximum absolute atomic E-state index is 12.8. The second kappa shape index (κ2) is 10.2. The van der Waals surface area contributed by atoms with Gasteiger partial charge in [0, 0.05) is 32.0 Å². The fraction of sp³-hybridized carbons (Fsp3) is 0.455. The standard InChI is InChI=1S/C22H26N4O6/c1-13(27)23-10-4-2-3-5-11-24-19(29)14-6-7-15-16(12-14)22(32)26(21(15)31)17-8-9-18(28)25-20(17)30/h6-7,12,17H,2-5,8-11H2,1H3,(H,23,27)(H,24,29)(H,25,28,30). The normalized spacial score (nSPS) is 17.8. The molecule has 1 fully saturated rings. The molecule has 10 heteroatoms. The van der Waals surface area contributed by atoms with Crippen molar-refractivity contribution in [3.8, 4) is 0 Å². The summed E-state index contributed by atoms with van der Waals surface area (Å²) in [5.41, 5.74) is 0.460. The van der Waals surface area contributed by atoms with Crippen molar-refractivity contribution in [3.63, 3.8) is 0 Å². The molecule has 2 aliphatic rings. The minimum atomic E-state index is -1.04. The lowest BCUT2D eigenvalue weighted by atomic mass is 10.0. The number of unbranched alkanes of at least 4 members (excludes halogenated alkanes) is 3. The zero-order valence-corrected chi connectivity index (χ0v) is 17.9.